The number of ether oxygens (including phenoxy) is 2. The molecule has 0 saturated carbocycles. The molecule has 8 nitrogen and oxygen atoms in total. The van der Waals surface area contributed by atoms with Crippen LogP contribution < -0.4 is 5.73 Å². The summed E-state index contributed by atoms with van der Waals surface area (Å²) < 4.78 is 9.09. The summed E-state index contributed by atoms with van der Waals surface area (Å²) in [6.45, 7) is 0. The van der Waals surface area contributed by atoms with Gasteiger partial charge in [0, 0.05) is 27.9 Å². The molecule has 2 atom stereocenters. The van der Waals surface area contributed by atoms with Crippen molar-refractivity contribution in [3.63, 3.8) is 0 Å². The van der Waals surface area contributed by atoms with Crippen LogP contribution >= 0.6 is 59.1 Å². The van der Waals surface area contributed by atoms with Crippen LogP contribution in [0, 0.1) is 0 Å². The smallest absolute Gasteiger partial charge is 0.323 e. The van der Waals surface area contributed by atoms with E-state index in [0.717, 1.165) is 11.5 Å². The number of carbonyl (C=O) groups excluding carboxylic acids is 2. The van der Waals surface area contributed by atoms with E-state index in [-0.39, 0.29) is 23.7 Å². The standard InChI is InChI=1S/C11H13N3O2S.C11H15NO2S.CH2Cl2.ClH/c1-16-11(15)10(13-14-12)8-17-7-9-5-3-2-4-6-9;1-14-11(13)10(12)8-15-7-9-5-3-2-4-6-9;2-1-3;/h2-6,10H,7-8H2,1H3;2-6,10H,7-8,12H2,1H3;1H2;1H/t2*10-;;/m00../s1. The van der Waals surface area contributed by atoms with Crippen LogP contribution in [-0.4, -0.2) is 55.1 Å². The molecular weight excluding hydrogens is 567 g/mol. The van der Waals surface area contributed by atoms with Crippen molar-refractivity contribution in [2.75, 3.05) is 31.1 Å². The van der Waals surface area contributed by atoms with Crippen LogP contribution in [0.1, 0.15) is 11.1 Å². The number of hydrogen-bond acceptors (Lipinski definition) is 8. The summed E-state index contributed by atoms with van der Waals surface area (Å²) in [5.41, 5.74) is 16.3. The average molecular weight is 598 g/mol. The lowest BCUT2D eigenvalue weighted by Crippen LogP contribution is -2.33. The molecule has 0 radical (unpaired) electrons. The molecule has 0 spiro atoms. The number of thioether (sulfide) groups is 2. The van der Waals surface area contributed by atoms with E-state index in [2.05, 4.69) is 31.6 Å². The fourth-order valence-electron chi connectivity index (χ4n) is 2.31. The van der Waals surface area contributed by atoms with Crippen molar-refractivity contribution in [2.24, 2.45) is 10.8 Å². The van der Waals surface area contributed by atoms with Crippen LogP contribution in [0.25, 0.3) is 10.4 Å². The molecule has 0 aliphatic carbocycles. The molecular formula is C23H31Cl3N4O4S2. The minimum atomic E-state index is -0.751. The van der Waals surface area contributed by atoms with Crippen LogP contribution in [0.4, 0.5) is 0 Å². The number of nitrogens with zero attached hydrogens (tertiary/aromatic N) is 3. The third-order valence-corrected chi connectivity index (χ3v) is 6.19. The third kappa shape index (κ3) is 18.5. The first-order valence-electron chi connectivity index (χ1n) is 10.2. The molecule has 0 aliphatic rings. The van der Waals surface area contributed by atoms with E-state index in [1.54, 1.807) is 11.8 Å². The number of halogens is 3. The van der Waals surface area contributed by atoms with Crippen molar-refractivity contribution in [1.29, 1.82) is 0 Å². The van der Waals surface area contributed by atoms with E-state index in [1.807, 2.05) is 48.5 Å². The van der Waals surface area contributed by atoms with Crippen molar-refractivity contribution in [3.8, 4) is 0 Å². The second-order valence-electron chi connectivity index (χ2n) is 6.48. The quantitative estimate of drug-likeness (QED) is 0.110. The zero-order valence-corrected chi connectivity index (χ0v) is 24.0. The van der Waals surface area contributed by atoms with Gasteiger partial charge in [-0.05, 0) is 16.7 Å². The van der Waals surface area contributed by atoms with Gasteiger partial charge in [-0.15, -0.1) is 35.6 Å². The molecule has 2 aromatic carbocycles. The molecule has 200 valence electrons. The minimum absolute atomic E-state index is 0. The molecule has 2 N–H and O–H groups in total. The molecule has 0 amide bonds. The summed E-state index contributed by atoms with van der Waals surface area (Å²) in [5, 5.41) is 3.61. The molecule has 2 aromatic rings. The lowest BCUT2D eigenvalue weighted by molar-refractivity contribution is -0.142. The summed E-state index contributed by atoms with van der Waals surface area (Å²) >= 11 is 12.7. The Morgan fingerprint density at radius 3 is 1.72 bits per heavy atom. The predicted molar refractivity (Wildman–Crippen MR) is 154 cm³/mol. The van der Waals surface area contributed by atoms with Crippen molar-refractivity contribution in [3.05, 3.63) is 82.2 Å². The van der Waals surface area contributed by atoms with Gasteiger partial charge in [-0.1, -0.05) is 65.8 Å². The van der Waals surface area contributed by atoms with Gasteiger partial charge in [0.15, 0.2) is 0 Å². The molecule has 0 heterocycles. The van der Waals surface area contributed by atoms with Gasteiger partial charge in [0.05, 0.1) is 19.6 Å². The van der Waals surface area contributed by atoms with Gasteiger partial charge in [0.2, 0.25) is 0 Å². The number of rotatable bonds is 11. The van der Waals surface area contributed by atoms with Gasteiger partial charge in [0.1, 0.15) is 12.1 Å². The lowest BCUT2D eigenvalue weighted by atomic mass is 10.2. The van der Waals surface area contributed by atoms with Crippen LogP contribution in [-0.2, 0) is 30.6 Å². The lowest BCUT2D eigenvalue weighted by Gasteiger charge is -2.08. The fourth-order valence-corrected chi connectivity index (χ4v) is 4.21. The SMILES string of the molecule is COC(=O)[C@@H](N)CSCc1ccccc1.COC(=O)[C@H](CSCc1ccccc1)N=[N+]=[N-].Cl.ClCCl. The van der Waals surface area contributed by atoms with E-state index < -0.39 is 18.1 Å². The minimum Gasteiger partial charge on any atom is -0.469 e. The maximum atomic E-state index is 11.2. The molecule has 36 heavy (non-hydrogen) atoms. The van der Waals surface area contributed by atoms with E-state index in [4.69, 9.17) is 34.5 Å². The Morgan fingerprint density at radius 1 is 0.917 bits per heavy atom. The summed E-state index contributed by atoms with van der Waals surface area (Å²) in [4.78, 5) is 24.9. The highest BCUT2D eigenvalue weighted by Gasteiger charge is 2.17. The highest BCUT2D eigenvalue weighted by atomic mass is 35.5. The molecule has 0 aromatic heterocycles. The Labute approximate surface area is 237 Å². The topological polar surface area (TPSA) is 127 Å². The van der Waals surface area contributed by atoms with Crippen LogP contribution in [0.3, 0.4) is 0 Å². The molecule has 0 fully saturated rings. The largest absolute Gasteiger partial charge is 0.469 e. The monoisotopic (exact) mass is 596 g/mol. The van der Waals surface area contributed by atoms with E-state index >= 15 is 0 Å². The van der Waals surface area contributed by atoms with Gasteiger partial charge < -0.3 is 15.2 Å². The summed E-state index contributed by atoms with van der Waals surface area (Å²) in [7, 11) is 2.63. The molecule has 13 heteroatoms. The summed E-state index contributed by atoms with van der Waals surface area (Å²) in [5.74, 6) is 1.80. The average Bonchev–Trinajstić information content (AvgIpc) is 2.89. The maximum Gasteiger partial charge on any atom is 0.323 e. The second-order valence-corrected chi connectivity index (χ2v) is 9.34. The molecule has 0 aliphatic heterocycles. The first-order chi connectivity index (χ1) is 16.9. The van der Waals surface area contributed by atoms with E-state index in [1.165, 1.54) is 37.1 Å². The molecule has 0 unspecified atom stereocenters. The fraction of sp³-hybridized carbons (Fsp3) is 0.391. The number of alkyl halides is 2. The molecule has 0 bridgehead atoms. The number of nitrogens with two attached hydrogens (primary N) is 1. The van der Waals surface area contributed by atoms with Gasteiger partial charge in [0.25, 0.3) is 0 Å². The Balaban J connectivity index is 0. The van der Waals surface area contributed by atoms with E-state index in [9.17, 15) is 9.59 Å². The third-order valence-electron chi connectivity index (χ3n) is 3.96. The molecule has 2 rings (SSSR count). The number of azide groups is 1. The Kier molecular flexibility index (Phi) is 25.2. The predicted octanol–water partition coefficient (Wildman–Crippen LogP) is 6.04. The Morgan fingerprint density at radius 2 is 1.33 bits per heavy atom. The second kappa shape index (κ2) is 24.9. The highest BCUT2D eigenvalue weighted by Crippen LogP contribution is 2.15. The number of methoxy groups -OCH3 is 2. The zero-order chi connectivity index (χ0) is 26.3. The van der Waals surface area contributed by atoms with Crippen molar-refractivity contribution < 1.29 is 19.1 Å². The van der Waals surface area contributed by atoms with Crippen molar-refractivity contribution in [1.82, 2.24) is 0 Å². The first-order valence-corrected chi connectivity index (χ1v) is 13.6. The van der Waals surface area contributed by atoms with Gasteiger partial charge in [-0.25, -0.2) is 0 Å². The summed E-state index contributed by atoms with van der Waals surface area (Å²) in [6.07, 6.45) is 0. The van der Waals surface area contributed by atoms with Gasteiger partial charge >= 0.3 is 11.9 Å². The van der Waals surface area contributed by atoms with Crippen LogP contribution in [0.15, 0.2) is 65.8 Å². The number of esters is 2. The molecule has 0 saturated heterocycles. The van der Waals surface area contributed by atoms with Crippen molar-refractivity contribution >= 4 is 71.1 Å². The van der Waals surface area contributed by atoms with Crippen LogP contribution in [0.5, 0.6) is 0 Å². The number of benzene rings is 2. The van der Waals surface area contributed by atoms with Crippen molar-refractivity contribution in [2.45, 2.75) is 23.6 Å². The number of hydrogen-bond donors (Lipinski definition) is 1. The Hall–Kier alpha value is -1.78. The normalized spacial score (nSPS) is 10.9. The maximum absolute atomic E-state index is 11.2. The first kappa shape index (κ1) is 36.4. The van der Waals surface area contributed by atoms with Gasteiger partial charge in [-0.2, -0.15) is 23.5 Å². The number of carbonyl (C=O) groups is 2. The van der Waals surface area contributed by atoms with Crippen LogP contribution in [0.2, 0.25) is 0 Å². The van der Waals surface area contributed by atoms with E-state index in [0.29, 0.717) is 11.5 Å². The zero-order valence-electron chi connectivity index (χ0n) is 20.0. The summed E-state index contributed by atoms with van der Waals surface area (Å²) in [6, 6.07) is 18.7. The van der Waals surface area contributed by atoms with Gasteiger partial charge in [-0.3, -0.25) is 9.59 Å². The highest BCUT2D eigenvalue weighted by molar-refractivity contribution is 7.98. The Bertz CT molecular complexity index is 880.